The molecule has 0 radical (unpaired) electrons. The number of nitrogens with one attached hydrogen (secondary N) is 1. The lowest BCUT2D eigenvalue weighted by Crippen LogP contribution is -2.28. The topological polar surface area (TPSA) is 64.3 Å². The molecule has 21 heavy (non-hydrogen) atoms. The zero-order chi connectivity index (χ0) is 15.7. The molecule has 0 aromatic heterocycles. The minimum absolute atomic E-state index is 0.128. The molecule has 0 bridgehead atoms. The highest BCUT2D eigenvalue weighted by Crippen LogP contribution is 2.20. The monoisotopic (exact) mass is 292 g/mol. The molecule has 0 saturated carbocycles. The van der Waals surface area contributed by atoms with Crippen LogP contribution in [0.4, 0.5) is 11.4 Å². The number of amides is 1. The predicted octanol–water partition coefficient (Wildman–Crippen LogP) is 3.89. The van der Waals surface area contributed by atoms with E-state index in [0.29, 0.717) is 12.3 Å². The summed E-state index contributed by atoms with van der Waals surface area (Å²) in [4.78, 5) is 12.1. The lowest BCUT2D eigenvalue weighted by Gasteiger charge is -2.15. The second-order valence-corrected chi connectivity index (χ2v) is 5.44. The van der Waals surface area contributed by atoms with E-state index in [2.05, 4.69) is 12.2 Å². The molecule has 0 fully saturated rings. The highest BCUT2D eigenvalue weighted by atomic mass is 16.5. The number of unbranched alkanes of at least 4 members (excludes halogenated alkanes) is 4. The van der Waals surface area contributed by atoms with E-state index in [-0.39, 0.29) is 5.91 Å². The molecule has 4 heteroatoms. The number of nitrogens with two attached hydrogens (primary N) is 1. The number of hydrogen-bond donors (Lipinski definition) is 2. The van der Waals surface area contributed by atoms with E-state index in [1.54, 1.807) is 6.92 Å². The first-order valence-corrected chi connectivity index (χ1v) is 7.83. The molecule has 0 spiro atoms. The SMILES string of the molecule is CCCCCCCOC(C)C(=O)Nc1cccc(N)c1C. The van der Waals surface area contributed by atoms with Crippen molar-refractivity contribution in [3.63, 3.8) is 0 Å². The fraction of sp³-hybridized carbons (Fsp3) is 0.588. The maximum Gasteiger partial charge on any atom is 0.253 e. The number of benzene rings is 1. The van der Waals surface area contributed by atoms with E-state index in [1.165, 1.54) is 19.3 Å². The number of carbonyl (C=O) groups is 1. The van der Waals surface area contributed by atoms with Crippen molar-refractivity contribution in [2.45, 2.75) is 59.0 Å². The fourth-order valence-electron chi connectivity index (χ4n) is 2.06. The van der Waals surface area contributed by atoms with E-state index in [9.17, 15) is 4.79 Å². The summed E-state index contributed by atoms with van der Waals surface area (Å²) in [5.74, 6) is -0.128. The van der Waals surface area contributed by atoms with Crippen LogP contribution in [0, 0.1) is 6.92 Å². The summed E-state index contributed by atoms with van der Waals surface area (Å²) >= 11 is 0. The van der Waals surface area contributed by atoms with Gasteiger partial charge in [-0.2, -0.15) is 0 Å². The Hall–Kier alpha value is -1.55. The molecular formula is C17H28N2O2. The zero-order valence-corrected chi connectivity index (χ0v) is 13.4. The van der Waals surface area contributed by atoms with Crippen LogP contribution >= 0.6 is 0 Å². The van der Waals surface area contributed by atoms with Crippen LogP contribution in [0.15, 0.2) is 18.2 Å². The number of hydrogen-bond acceptors (Lipinski definition) is 3. The molecule has 1 unspecified atom stereocenters. The molecule has 1 atom stereocenters. The summed E-state index contributed by atoms with van der Waals surface area (Å²) in [6.45, 7) is 6.50. The summed E-state index contributed by atoms with van der Waals surface area (Å²) < 4.78 is 5.58. The van der Waals surface area contributed by atoms with Crippen LogP contribution in [0.1, 0.15) is 51.5 Å². The molecule has 0 heterocycles. The van der Waals surface area contributed by atoms with Gasteiger partial charge in [0, 0.05) is 18.0 Å². The maximum absolute atomic E-state index is 12.1. The molecule has 1 rings (SSSR count). The van der Waals surface area contributed by atoms with Gasteiger partial charge in [-0.1, -0.05) is 38.7 Å². The average molecular weight is 292 g/mol. The van der Waals surface area contributed by atoms with Gasteiger partial charge in [0.25, 0.3) is 5.91 Å². The summed E-state index contributed by atoms with van der Waals surface area (Å²) in [5, 5.41) is 2.87. The van der Waals surface area contributed by atoms with E-state index < -0.39 is 6.10 Å². The van der Waals surface area contributed by atoms with Crippen LogP contribution in [0.3, 0.4) is 0 Å². The molecule has 4 nitrogen and oxygen atoms in total. The van der Waals surface area contributed by atoms with Gasteiger partial charge in [-0.25, -0.2) is 0 Å². The Morgan fingerprint density at radius 2 is 2.00 bits per heavy atom. The van der Waals surface area contributed by atoms with E-state index in [1.807, 2.05) is 25.1 Å². The Morgan fingerprint density at radius 3 is 2.71 bits per heavy atom. The molecule has 0 saturated heterocycles. The molecule has 3 N–H and O–H groups in total. The number of ether oxygens (including phenoxy) is 1. The van der Waals surface area contributed by atoms with Crippen molar-refractivity contribution in [3.8, 4) is 0 Å². The highest BCUT2D eigenvalue weighted by Gasteiger charge is 2.14. The van der Waals surface area contributed by atoms with Gasteiger partial charge in [0.05, 0.1) is 0 Å². The first-order valence-electron chi connectivity index (χ1n) is 7.83. The lowest BCUT2D eigenvalue weighted by atomic mass is 10.1. The van der Waals surface area contributed by atoms with Crippen LogP contribution in [0.5, 0.6) is 0 Å². The molecule has 1 aromatic carbocycles. The van der Waals surface area contributed by atoms with Crippen molar-refractivity contribution >= 4 is 17.3 Å². The minimum Gasteiger partial charge on any atom is -0.398 e. The number of anilines is 2. The molecule has 1 aromatic rings. The first-order chi connectivity index (χ1) is 10.1. The van der Waals surface area contributed by atoms with Gasteiger partial charge in [-0.3, -0.25) is 4.79 Å². The van der Waals surface area contributed by atoms with Crippen LogP contribution in [0.2, 0.25) is 0 Å². The van der Waals surface area contributed by atoms with E-state index in [4.69, 9.17) is 10.5 Å². The Balaban J connectivity index is 2.32. The van der Waals surface area contributed by atoms with Crippen LogP contribution in [-0.2, 0) is 9.53 Å². The molecule has 0 aliphatic heterocycles. The minimum atomic E-state index is -0.447. The van der Waals surface area contributed by atoms with Gasteiger partial charge >= 0.3 is 0 Å². The van der Waals surface area contributed by atoms with Gasteiger partial charge in [0.2, 0.25) is 0 Å². The quantitative estimate of drug-likeness (QED) is 0.536. The summed E-state index contributed by atoms with van der Waals surface area (Å²) in [5.41, 5.74) is 8.14. The first kappa shape index (κ1) is 17.5. The summed E-state index contributed by atoms with van der Waals surface area (Å²) in [6, 6.07) is 5.50. The average Bonchev–Trinajstić information content (AvgIpc) is 2.47. The normalized spacial score (nSPS) is 12.1. The Kier molecular flexibility index (Phi) is 7.83. The Morgan fingerprint density at radius 1 is 1.29 bits per heavy atom. The predicted molar refractivity (Wildman–Crippen MR) is 88.4 cm³/mol. The molecular weight excluding hydrogens is 264 g/mol. The van der Waals surface area contributed by atoms with Crippen molar-refractivity contribution in [2.24, 2.45) is 0 Å². The number of rotatable bonds is 9. The van der Waals surface area contributed by atoms with Gasteiger partial charge in [-0.15, -0.1) is 0 Å². The zero-order valence-electron chi connectivity index (χ0n) is 13.4. The fourth-order valence-corrected chi connectivity index (χ4v) is 2.06. The standard InChI is InChI=1S/C17H28N2O2/c1-4-5-6-7-8-12-21-14(3)17(20)19-16-11-9-10-15(18)13(16)2/h9-11,14H,4-8,12,18H2,1-3H3,(H,19,20). The van der Waals surface area contributed by atoms with Crippen molar-refractivity contribution < 1.29 is 9.53 Å². The third-order valence-corrected chi connectivity index (χ3v) is 3.62. The number of carbonyl (C=O) groups excluding carboxylic acids is 1. The second-order valence-electron chi connectivity index (χ2n) is 5.44. The molecule has 118 valence electrons. The summed E-state index contributed by atoms with van der Waals surface area (Å²) in [6.07, 6.45) is 5.47. The third kappa shape index (κ3) is 6.17. The van der Waals surface area contributed by atoms with Crippen molar-refractivity contribution in [3.05, 3.63) is 23.8 Å². The van der Waals surface area contributed by atoms with Gasteiger partial charge < -0.3 is 15.8 Å². The Bertz CT molecular complexity index is 446. The van der Waals surface area contributed by atoms with Crippen molar-refractivity contribution in [1.29, 1.82) is 0 Å². The van der Waals surface area contributed by atoms with E-state index in [0.717, 1.165) is 24.1 Å². The van der Waals surface area contributed by atoms with Gasteiger partial charge in [0.15, 0.2) is 0 Å². The lowest BCUT2D eigenvalue weighted by molar-refractivity contribution is -0.126. The highest BCUT2D eigenvalue weighted by molar-refractivity contribution is 5.95. The molecule has 1 amide bonds. The molecule has 0 aliphatic rings. The number of nitrogen functional groups attached to an aromatic ring is 1. The Labute approximate surface area is 128 Å². The summed E-state index contributed by atoms with van der Waals surface area (Å²) in [7, 11) is 0. The maximum atomic E-state index is 12.1. The largest absolute Gasteiger partial charge is 0.398 e. The van der Waals surface area contributed by atoms with Crippen molar-refractivity contribution in [2.75, 3.05) is 17.7 Å². The van der Waals surface area contributed by atoms with Crippen LogP contribution < -0.4 is 11.1 Å². The van der Waals surface area contributed by atoms with Crippen LogP contribution in [-0.4, -0.2) is 18.6 Å². The van der Waals surface area contributed by atoms with Gasteiger partial charge in [-0.05, 0) is 38.0 Å². The van der Waals surface area contributed by atoms with Crippen LogP contribution in [0.25, 0.3) is 0 Å². The third-order valence-electron chi connectivity index (χ3n) is 3.62. The van der Waals surface area contributed by atoms with Gasteiger partial charge in [0.1, 0.15) is 6.10 Å². The smallest absolute Gasteiger partial charge is 0.253 e. The molecule has 0 aliphatic carbocycles. The second kappa shape index (κ2) is 9.40. The van der Waals surface area contributed by atoms with Crippen molar-refractivity contribution in [1.82, 2.24) is 0 Å². The van der Waals surface area contributed by atoms with E-state index >= 15 is 0 Å².